The third-order valence-electron chi connectivity index (χ3n) is 2.95. The molecule has 0 saturated carbocycles. The maximum atomic E-state index is 11.1. The van der Waals surface area contributed by atoms with Gasteiger partial charge in [-0.05, 0) is 29.9 Å². The molecule has 0 radical (unpaired) electrons. The van der Waals surface area contributed by atoms with Crippen molar-refractivity contribution in [3.05, 3.63) is 35.9 Å². The molecule has 2 atom stereocenters. The minimum Gasteiger partial charge on any atom is -0.480 e. The molecule has 0 aliphatic carbocycles. The highest BCUT2D eigenvalue weighted by atomic mass is 32.2. The van der Waals surface area contributed by atoms with E-state index in [1.54, 1.807) is 11.8 Å². The number of carboxylic acid groups (broad SMARTS) is 1. The maximum absolute atomic E-state index is 11.1. The predicted octanol–water partition coefficient (Wildman–Crippen LogP) is 2.59. The minimum absolute atomic E-state index is 0.322. The smallest absolute Gasteiger partial charge is 0.320 e. The molecule has 3 nitrogen and oxygen atoms in total. The molecule has 4 heteroatoms. The van der Waals surface area contributed by atoms with Gasteiger partial charge in [0.05, 0.1) is 0 Å². The van der Waals surface area contributed by atoms with E-state index in [1.807, 2.05) is 24.5 Å². The number of hydrogen-bond acceptors (Lipinski definition) is 3. The number of aliphatic carboxylic acids is 1. The maximum Gasteiger partial charge on any atom is 0.320 e. The quantitative estimate of drug-likeness (QED) is 0.760. The van der Waals surface area contributed by atoms with Gasteiger partial charge in [-0.1, -0.05) is 37.3 Å². The summed E-state index contributed by atoms with van der Waals surface area (Å²) in [6, 6.07) is 9.71. The van der Waals surface area contributed by atoms with Crippen LogP contribution in [0, 0.1) is 0 Å². The molecule has 0 saturated heterocycles. The van der Waals surface area contributed by atoms with Crippen molar-refractivity contribution in [2.45, 2.75) is 25.3 Å². The van der Waals surface area contributed by atoms with E-state index in [2.05, 4.69) is 24.4 Å². The highest BCUT2D eigenvalue weighted by Gasteiger charge is 2.17. The molecule has 0 bridgehead atoms. The fourth-order valence-electron chi connectivity index (χ4n) is 1.77. The van der Waals surface area contributed by atoms with Crippen LogP contribution >= 0.6 is 11.8 Å². The van der Waals surface area contributed by atoms with E-state index in [9.17, 15) is 4.79 Å². The average Bonchev–Trinajstić information content (AvgIpc) is 2.39. The van der Waals surface area contributed by atoms with Gasteiger partial charge < -0.3 is 10.4 Å². The van der Waals surface area contributed by atoms with Crippen LogP contribution in [-0.2, 0) is 4.79 Å². The molecule has 100 valence electrons. The Hall–Kier alpha value is -1.00. The summed E-state index contributed by atoms with van der Waals surface area (Å²) < 4.78 is 0. The average molecular weight is 267 g/mol. The molecule has 0 aromatic heterocycles. The molecule has 1 aromatic rings. The lowest BCUT2D eigenvalue weighted by atomic mass is 10.0. The first-order valence-electron chi connectivity index (χ1n) is 6.15. The van der Waals surface area contributed by atoms with Gasteiger partial charge in [-0.15, -0.1) is 0 Å². The van der Waals surface area contributed by atoms with E-state index in [0.29, 0.717) is 18.9 Å². The Bertz CT molecular complexity index is 356. The lowest BCUT2D eigenvalue weighted by Crippen LogP contribution is -2.39. The Morgan fingerprint density at radius 3 is 2.61 bits per heavy atom. The zero-order valence-corrected chi connectivity index (χ0v) is 11.7. The monoisotopic (exact) mass is 267 g/mol. The van der Waals surface area contributed by atoms with Crippen molar-refractivity contribution in [1.29, 1.82) is 0 Å². The Morgan fingerprint density at radius 2 is 2.06 bits per heavy atom. The first-order chi connectivity index (χ1) is 8.65. The third kappa shape index (κ3) is 5.10. The van der Waals surface area contributed by atoms with Crippen molar-refractivity contribution >= 4 is 17.7 Å². The van der Waals surface area contributed by atoms with Gasteiger partial charge in [0.25, 0.3) is 0 Å². The Balaban J connectivity index is 2.44. The number of hydrogen-bond donors (Lipinski definition) is 2. The molecule has 0 heterocycles. The molecule has 0 aliphatic rings. The lowest BCUT2D eigenvalue weighted by molar-refractivity contribution is -0.139. The fourth-order valence-corrected chi connectivity index (χ4v) is 2.24. The molecule has 1 rings (SSSR count). The zero-order valence-electron chi connectivity index (χ0n) is 10.9. The third-order valence-corrected chi connectivity index (χ3v) is 3.59. The van der Waals surface area contributed by atoms with Crippen LogP contribution in [0.3, 0.4) is 0 Å². The van der Waals surface area contributed by atoms with Crippen molar-refractivity contribution in [2.24, 2.45) is 0 Å². The van der Waals surface area contributed by atoms with Gasteiger partial charge in [0.1, 0.15) is 6.04 Å². The molecule has 2 N–H and O–H groups in total. The van der Waals surface area contributed by atoms with Crippen molar-refractivity contribution in [2.75, 3.05) is 18.6 Å². The van der Waals surface area contributed by atoms with E-state index in [4.69, 9.17) is 5.11 Å². The number of rotatable bonds is 8. The summed E-state index contributed by atoms with van der Waals surface area (Å²) in [5.41, 5.74) is 1.24. The summed E-state index contributed by atoms with van der Waals surface area (Å²) in [4.78, 5) is 11.1. The number of carboxylic acids is 1. The molecule has 18 heavy (non-hydrogen) atoms. The number of nitrogens with one attached hydrogen (secondary N) is 1. The molecule has 0 unspecified atom stereocenters. The number of benzene rings is 1. The van der Waals surface area contributed by atoms with Gasteiger partial charge in [-0.3, -0.25) is 4.79 Å². The van der Waals surface area contributed by atoms with Crippen molar-refractivity contribution in [1.82, 2.24) is 5.32 Å². The second kappa shape index (κ2) is 8.16. The largest absolute Gasteiger partial charge is 0.480 e. The first kappa shape index (κ1) is 15.1. The molecule has 0 aliphatic heterocycles. The normalized spacial score (nSPS) is 14.1. The van der Waals surface area contributed by atoms with Gasteiger partial charge >= 0.3 is 5.97 Å². The van der Waals surface area contributed by atoms with Gasteiger partial charge in [0.2, 0.25) is 0 Å². The van der Waals surface area contributed by atoms with Gasteiger partial charge in [-0.2, -0.15) is 11.8 Å². The van der Waals surface area contributed by atoms with Crippen LogP contribution in [0.1, 0.15) is 24.8 Å². The van der Waals surface area contributed by atoms with Gasteiger partial charge in [0.15, 0.2) is 0 Å². The van der Waals surface area contributed by atoms with Gasteiger partial charge in [-0.25, -0.2) is 0 Å². The minimum atomic E-state index is -0.760. The number of thioether (sulfide) groups is 1. The molecular formula is C14H21NO2S. The van der Waals surface area contributed by atoms with E-state index < -0.39 is 12.0 Å². The SMILES string of the molecule is CSCC[C@H](NC[C@@H](C)c1ccccc1)C(=O)O. The Morgan fingerprint density at radius 1 is 1.39 bits per heavy atom. The summed E-state index contributed by atoms with van der Waals surface area (Å²) in [7, 11) is 0. The second-order valence-corrected chi connectivity index (χ2v) is 5.38. The van der Waals surface area contributed by atoms with E-state index in [-0.39, 0.29) is 0 Å². The van der Waals surface area contributed by atoms with Crippen LogP contribution in [0.25, 0.3) is 0 Å². The summed E-state index contributed by atoms with van der Waals surface area (Å²) in [6.07, 6.45) is 2.66. The molecular weight excluding hydrogens is 246 g/mol. The highest BCUT2D eigenvalue weighted by Crippen LogP contribution is 2.13. The van der Waals surface area contributed by atoms with E-state index in [1.165, 1.54) is 5.56 Å². The fraction of sp³-hybridized carbons (Fsp3) is 0.500. The Labute approximate surface area is 113 Å². The van der Waals surface area contributed by atoms with Crippen LogP contribution in [0.15, 0.2) is 30.3 Å². The summed E-state index contributed by atoms with van der Waals surface area (Å²) in [5, 5.41) is 12.3. The predicted molar refractivity (Wildman–Crippen MR) is 77.3 cm³/mol. The van der Waals surface area contributed by atoms with Crippen LogP contribution in [-0.4, -0.2) is 35.7 Å². The summed E-state index contributed by atoms with van der Waals surface area (Å²) >= 11 is 1.67. The first-order valence-corrected chi connectivity index (χ1v) is 7.54. The highest BCUT2D eigenvalue weighted by molar-refractivity contribution is 7.98. The lowest BCUT2D eigenvalue weighted by Gasteiger charge is -2.18. The topological polar surface area (TPSA) is 49.3 Å². The van der Waals surface area contributed by atoms with Crippen molar-refractivity contribution < 1.29 is 9.90 Å². The van der Waals surface area contributed by atoms with E-state index in [0.717, 1.165) is 5.75 Å². The number of carbonyl (C=O) groups is 1. The molecule has 0 amide bonds. The molecule has 0 spiro atoms. The standard InChI is InChI=1S/C14H21NO2S/c1-11(12-6-4-3-5-7-12)10-15-13(14(16)17)8-9-18-2/h3-7,11,13,15H,8-10H2,1-2H3,(H,16,17)/t11-,13+/m1/s1. The molecule has 1 aromatic carbocycles. The Kier molecular flexibility index (Phi) is 6.83. The van der Waals surface area contributed by atoms with Crippen LogP contribution in [0.4, 0.5) is 0 Å². The zero-order chi connectivity index (χ0) is 13.4. The second-order valence-electron chi connectivity index (χ2n) is 4.39. The van der Waals surface area contributed by atoms with E-state index >= 15 is 0 Å². The van der Waals surface area contributed by atoms with Crippen LogP contribution in [0.5, 0.6) is 0 Å². The molecule has 0 fully saturated rings. The van der Waals surface area contributed by atoms with Crippen molar-refractivity contribution in [3.63, 3.8) is 0 Å². The van der Waals surface area contributed by atoms with Crippen molar-refractivity contribution in [3.8, 4) is 0 Å². The van der Waals surface area contributed by atoms with Crippen LogP contribution < -0.4 is 5.32 Å². The summed E-state index contributed by atoms with van der Waals surface area (Å²) in [6.45, 7) is 2.80. The van der Waals surface area contributed by atoms with Crippen LogP contribution in [0.2, 0.25) is 0 Å². The summed E-state index contributed by atoms with van der Waals surface area (Å²) in [5.74, 6) is 0.426. The van der Waals surface area contributed by atoms with Gasteiger partial charge in [0, 0.05) is 6.54 Å².